The van der Waals surface area contributed by atoms with Crippen molar-refractivity contribution < 1.29 is 24.9 Å². The van der Waals surface area contributed by atoms with Gasteiger partial charge in [-0.05, 0) is 32.6 Å². The third kappa shape index (κ3) is 4.31. The van der Waals surface area contributed by atoms with E-state index >= 15 is 0 Å². The molecule has 0 aliphatic carbocycles. The van der Waals surface area contributed by atoms with Crippen molar-refractivity contribution in [2.45, 2.75) is 26.7 Å². The Morgan fingerprint density at radius 2 is 1.81 bits per heavy atom. The fourth-order valence-electron chi connectivity index (χ4n) is 2.66. The van der Waals surface area contributed by atoms with E-state index in [9.17, 15) is 14.7 Å². The SMILES string of the molecule is CC(C)(C(=O)O)C1CCCN(C(=O)N(CCO)CCO)C1. The Balaban J connectivity index is 2.75. The summed E-state index contributed by atoms with van der Waals surface area (Å²) in [4.78, 5) is 26.8. The van der Waals surface area contributed by atoms with Gasteiger partial charge in [0.2, 0.25) is 0 Å². The van der Waals surface area contributed by atoms with Gasteiger partial charge in [-0.2, -0.15) is 0 Å². The second kappa shape index (κ2) is 7.61. The van der Waals surface area contributed by atoms with Gasteiger partial charge in [0.1, 0.15) is 0 Å². The van der Waals surface area contributed by atoms with Gasteiger partial charge >= 0.3 is 12.0 Å². The highest BCUT2D eigenvalue weighted by Gasteiger charge is 2.40. The molecule has 122 valence electrons. The monoisotopic (exact) mass is 302 g/mol. The molecule has 0 aromatic rings. The van der Waals surface area contributed by atoms with Crippen molar-refractivity contribution in [3.8, 4) is 0 Å². The largest absolute Gasteiger partial charge is 0.481 e. The molecule has 7 heteroatoms. The number of piperidine rings is 1. The van der Waals surface area contributed by atoms with Gasteiger partial charge in [0, 0.05) is 26.2 Å². The molecule has 7 nitrogen and oxygen atoms in total. The molecule has 0 aromatic heterocycles. The van der Waals surface area contributed by atoms with Crippen molar-refractivity contribution in [2.75, 3.05) is 39.4 Å². The van der Waals surface area contributed by atoms with Gasteiger partial charge < -0.3 is 25.1 Å². The number of hydrogen-bond acceptors (Lipinski definition) is 4. The van der Waals surface area contributed by atoms with Crippen LogP contribution in [0.4, 0.5) is 4.79 Å². The van der Waals surface area contributed by atoms with Gasteiger partial charge in [-0.15, -0.1) is 0 Å². The first kappa shape index (κ1) is 17.7. The lowest BCUT2D eigenvalue weighted by Crippen LogP contribution is -2.52. The average Bonchev–Trinajstić information content (AvgIpc) is 2.46. The molecule has 1 rings (SSSR count). The molecule has 21 heavy (non-hydrogen) atoms. The molecule has 0 radical (unpaired) electrons. The lowest BCUT2D eigenvalue weighted by atomic mass is 9.74. The number of carboxylic acids is 1. The molecule has 0 bridgehead atoms. The number of aliphatic carboxylic acids is 1. The summed E-state index contributed by atoms with van der Waals surface area (Å²) in [5, 5.41) is 27.3. The fraction of sp³-hybridized carbons (Fsp3) is 0.857. The molecule has 0 aromatic carbocycles. The highest BCUT2D eigenvalue weighted by Crippen LogP contribution is 2.34. The minimum absolute atomic E-state index is 0.0993. The summed E-state index contributed by atoms with van der Waals surface area (Å²) < 4.78 is 0. The molecular weight excluding hydrogens is 276 g/mol. The lowest BCUT2D eigenvalue weighted by Gasteiger charge is -2.40. The van der Waals surface area contributed by atoms with Crippen LogP contribution < -0.4 is 0 Å². The van der Waals surface area contributed by atoms with Crippen LogP contribution in [0.1, 0.15) is 26.7 Å². The average molecular weight is 302 g/mol. The predicted octanol–water partition coefficient (Wildman–Crippen LogP) is 0.216. The summed E-state index contributed by atoms with van der Waals surface area (Å²) in [6.45, 7) is 4.36. The molecule has 0 spiro atoms. The molecule has 2 amide bonds. The number of carboxylic acid groups (broad SMARTS) is 1. The Morgan fingerprint density at radius 1 is 1.24 bits per heavy atom. The molecule has 1 heterocycles. The van der Waals surface area contributed by atoms with Crippen molar-refractivity contribution in [3.05, 3.63) is 0 Å². The summed E-state index contributed by atoms with van der Waals surface area (Å²) in [6.07, 6.45) is 1.54. The van der Waals surface area contributed by atoms with Gasteiger partial charge in [-0.3, -0.25) is 4.79 Å². The molecule has 0 saturated carbocycles. The number of carbonyl (C=O) groups is 2. The van der Waals surface area contributed by atoms with E-state index in [1.54, 1.807) is 18.7 Å². The fourth-order valence-corrected chi connectivity index (χ4v) is 2.66. The van der Waals surface area contributed by atoms with Crippen molar-refractivity contribution in [3.63, 3.8) is 0 Å². The third-order valence-electron chi connectivity index (χ3n) is 4.27. The van der Waals surface area contributed by atoms with Crippen molar-refractivity contribution in [1.82, 2.24) is 9.80 Å². The third-order valence-corrected chi connectivity index (χ3v) is 4.27. The first-order valence-electron chi connectivity index (χ1n) is 7.33. The smallest absolute Gasteiger partial charge is 0.320 e. The van der Waals surface area contributed by atoms with Crippen LogP contribution in [0.5, 0.6) is 0 Å². The molecule has 1 aliphatic rings. The maximum absolute atomic E-state index is 12.4. The molecule has 1 unspecified atom stereocenters. The first-order chi connectivity index (χ1) is 9.84. The van der Waals surface area contributed by atoms with Gasteiger partial charge in [0.15, 0.2) is 0 Å². The van der Waals surface area contributed by atoms with E-state index < -0.39 is 11.4 Å². The standard InChI is InChI=1S/C14H26N2O5/c1-14(2,12(19)20)11-4-3-5-16(10-11)13(21)15(6-8-17)7-9-18/h11,17-18H,3-10H2,1-2H3,(H,19,20). The van der Waals surface area contributed by atoms with E-state index in [1.807, 2.05) is 0 Å². The Labute approximate surface area is 125 Å². The van der Waals surface area contributed by atoms with Crippen LogP contribution in [0.25, 0.3) is 0 Å². The topological polar surface area (TPSA) is 101 Å². The number of amides is 2. The zero-order valence-corrected chi connectivity index (χ0v) is 12.8. The van der Waals surface area contributed by atoms with Gasteiger partial charge in [0.25, 0.3) is 0 Å². The number of aliphatic hydroxyl groups is 2. The predicted molar refractivity (Wildman–Crippen MR) is 76.9 cm³/mol. The maximum atomic E-state index is 12.4. The first-order valence-corrected chi connectivity index (χ1v) is 7.33. The van der Waals surface area contributed by atoms with Crippen LogP contribution >= 0.6 is 0 Å². The highest BCUT2D eigenvalue weighted by molar-refractivity contribution is 5.76. The Kier molecular flexibility index (Phi) is 6.42. The Hall–Kier alpha value is -1.34. The maximum Gasteiger partial charge on any atom is 0.320 e. The number of nitrogens with zero attached hydrogens (tertiary/aromatic N) is 2. The van der Waals surface area contributed by atoms with E-state index in [-0.39, 0.29) is 38.3 Å². The molecule has 1 fully saturated rings. The minimum atomic E-state index is -0.877. The molecule has 1 aliphatic heterocycles. The number of hydrogen-bond donors (Lipinski definition) is 3. The molecule has 1 saturated heterocycles. The summed E-state index contributed by atoms with van der Waals surface area (Å²) >= 11 is 0. The van der Waals surface area contributed by atoms with Crippen LogP contribution in [-0.4, -0.2) is 76.5 Å². The van der Waals surface area contributed by atoms with Crippen molar-refractivity contribution in [1.29, 1.82) is 0 Å². The van der Waals surface area contributed by atoms with Crippen molar-refractivity contribution >= 4 is 12.0 Å². The van der Waals surface area contributed by atoms with E-state index in [1.165, 1.54) is 4.90 Å². The van der Waals surface area contributed by atoms with E-state index in [0.29, 0.717) is 13.1 Å². The van der Waals surface area contributed by atoms with E-state index in [0.717, 1.165) is 12.8 Å². The van der Waals surface area contributed by atoms with Gasteiger partial charge in [0.05, 0.1) is 18.6 Å². The summed E-state index contributed by atoms with van der Waals surface area (Å²) in [6, 6.07) is -0.246. The van der Waals surface area contributed by atoms with Gasteiger partial charge in [-0.1, -0.05) is 0 Å². The van der Waals surface area contributed by atoms with Crippen LogP contribution in [0, 0.1) is 11.3 Å². The minimum Gasteiger partial charge on any atom is -0.481 e. The highest BCUT2D eigenvalue weighted by atomic mass is 16.4. The van der Waals surface area contributed by atoms with Crippen LogP contribution in [0.15, 0.2) is 0 Å². The van der Waals surface area contributed by atoms with Crippen LogP contribution in [-0.2, 0) is 4.79 Å². The number of aliphatic hydroxyl groups excluding tert-OH is 2. The van der Waals surface area contributed by atoms with E-state index in [2.05, 4.69) is 0 Å². The Morgan fingerprint density at radius 3 is 2.29 bits per heavy atom. The second-order valence-corrected chi connectivity index (χ2v) is 6.03. The van der Waals surface area contributed by atoms with Gasteiger partial charge in [-0.25, -0.2) is 4.79 Å². The summed E-state index contributed by atoms with van der Waals surface area (Å²) in [7, 11) is 0. The lowest BCUT2D eigenvalue weighted by molar-refractivity contribution is -0.151. The zero-order chi connectivity index (χ0) is 16.0. The number of likely N-dealkylation sites (tertiary alicyclic amines) is 1. The number of rotatable bonds is 6. The van der Waals surface area contributed by atoms with Crippen LogP contribution in [0.2, 0.25) is 0 Å². The zero-order valence-electron chi connectivity index (χ0n) is 12.8. The van der Waals surface area contributed by atoms with Crippen molar-refractivity contribution in [2.24, 2.45) is 11.3 Å². The Bertz CT molecular complexity index is 366. The molecule has 1 atom stereocenters. The summed E-state index contributed by atoms with van der Waals surface area (Å²) in [5.74, 6) is -0.956. The molecule has 3 N–H and O–H groups in total. The number of carbonyl (C=O) groups excluding carboxylic acids is 1. The normalized spacial score (nSPS) is 19.4. The summed E-state index contributed by atoms with van der Waals surface area (Å²) in [5.41, 5.74) is -0.877. The molecular formula is C14H26N2O5. The second-order valence-electron chi connectivity index (χ2n) is 6.03. The van der Waals surface area contributed by atoms with Crippen LogP contribution in [0.3, 0.4) is 0 Å². The quantitative estimate of drug-likeness (QED) is 0.651. The van der Waals surface area contributed by atoms with E-state index in [4.69, 9.17) is 10.2 Å². The number of urea groups is 1.